The quantitative estimate of drug-likeness (QED) is 0.898. The third-order valence-corrected chi connectivity index (χ3v) is 3.28. The second-order valence-electron chi connectivity index (χ2n) is 4.73. The number of rotatable bonds is 4. The number of benzene rings is 1. The van der Waals surface area contributed by atoms with Crippen molar-refractivity contribution >= 4 is 0 Å². The van der Waals surface area contributed by atoms with E-state index in [1.165, 1.54) is 5.56 Å². The number of aryl methyl sites for hydroxylation is 3. The summed E-state index contributed by atoms with van der Waals surface area (Å²) in [5, 5.41) is 10.4. The van der Waals surface area contributed by atoms with Crippen molar-refractivity contribution in [2.24, 2.45) is 0 Å². The summed E-state index contributed by atoms with van der Waals surface area (Å²) in [6.07, 6.45) is 4.11. The minimum absolute atomic E-state index is 0.482. The zero-order chi connectivity index (χ0) is 13.1. The van der Waals surface area contributed by atoms with Crippen molar-refractivity contribution in [1.82, 2.24) is 9.55 Å². The van der Waals surface area contributed by atoms with Gasteiger partial charge in [0, 0.05) is 18.8 Å². The number of aromatic nitrogens is 2. The van der Waals surface area contributed by atoms with Crippen molar-refractivity contribution in [2.75, 3.05) is 0 Å². The van der Waals surface area contributed by atoms with Crippen LogP contribution in [0.2, 0.25) is 0 Å². The molecular formula is C15H20N2O. The molecule has 0 amide bonds. The van der Waals surface area contributed by atoms with Gasteiger partial charge in [0.05, 0.1) is 12.6 Å². The van der Waals surface area contributed by atoms with E-state index in [0.717, 1.165) is 23.4 Å². The zero-order valence-corrected chi connectivity index (χ0v) is 11.2. The summed E-state index contributed by atoms with van der Waals surface area (Å²) in [6.45, 7) is 6.72. The van der Waals surface area contributed by atoms with E-state index in [-0.39, 0.29) is 0 Å². The molecule has 0 spiro atoms. The lowest BCUT2D eigenvalue weighted by molar-refractivity contribution is 0.154. The first-order chi connectivity index (χ1) is 8.61. The Bertz CT molecular complexity index is 531. The van der Waals surface area contributed by atoms with Crippen LogP contribution >= 0.6 is 0 Å². The second-order valence-corrected chi connectivity index (χ2v) is 4.73. The van der Waals surface area contributed by atoms with Crippen molar-refractivity contribution in [2.45, 2.75) is 39.8 Å². The molecule has 2 rings (SSSR count). The average Bonchev–Trinajstić information content (AvgIpc) is 2.79. The van der Waals surface area contributed by atoms with Gasteiger partial charge in [0.25, 0.3) is 0 Å². The van der Waals surface area contributed by atoms with Gasteiger partial charge in [0.2, 0.25) is 0 Å². The lowest BCUT2D eigenvalue weighted by atomic mass is 10.0. The highest BCUT2D eigenvalue weighted by Crippen LogP contribution is 2.21. The van der Waals surface area contributed by atoms with Crippen molar-refractivity contribution in [3.63, 3.8) is 0 Å². The van der Waals surface area contributed by atoms with Crippen LogP contribution < -0.4 is 0 Å². The smallest absolute Gasteiger partial charge is 0.108 e. The van der Waals surface area contributed by atoms with Gasteiger partial charge < -0.3 is 9.67 Å². The average molecular weight is 244 g/mol. The molecule has 1 heterocycles. The maximum atomic E-state index is 10.4. The van der Waals surface area contributed by atoms with Gasteiger partial charge in [0.1, 0.15) is 5.82 Å². The summed E-state index contributed by atoms with van der Waals surface area (Å²) in [6, 6.07) is 6.19. The molecule has 3 nitrogen and oxygen atoms in total. The Kier molecular flexibility index (Phi) is 3.82. The molecule has 96 valence electrons. The Labute approximate surface area is 108 Å². The maximum absolute atomic E-state index is 10.4. The molecular weight excluding hydrogens is 224 g/mol. The molecule has 0 fully saturated rings. The molecule has 0 radical (unpaired) electrons. The minimum atomic E-state index is -0.482. The Morgan fingerprint density at radius 3 is 2.83 bits per heavy atom. The topological polar surface area (TPSA) is 38.0 Å². The number of aliphatic hydroxyl groups excluding tert-OH is 1. The van der Waals surface area contributed by atoms with E-state index in [4.69, 9.17) is 0 Å². The van der Waals surface area contributed by atoms with Crippen LogP contribution in [-0.2, 0) is 13.0 Å². The van der Waals surface area contributed by atoms with Crippen LogP contribution in [0.5, 0.6) is 0 Å². The van der Waals surface area contributed by atoms with E-state index < -0.39 is 6.10 Å². The highest BCUT2D eigenvalue weighted by molar-refractivity contribution is 5.32. The van der Waals surface area contributed by atoms with Gasteiger partial charge in [-0.2, -0.15) is 0 Å². The molecule has 1 atom stereocenters. The lowest BCUT2D eigenvalue weighted by Gasteiger charge is -2.16. The molecule has 0 aliphatic rings. The molecule has 1 aromatic carbocycles. The Morgan fingerprint density at radius 1 is 1.33 bits per heavy atom. The van der Waals surface area contributed by atoms with E-state index in [2.05, 4.69) is 30.1 Å². The summed E-state index contributed by atoms with van der Waals surface area (Å²) >= 11 is 0. The van der Waals surface area contributed by atoms with Crippen LogP contribution in [0.4, 0.5) is 0 Å². The molecule has 1 unspecified atom stereocenters. The van der Waals surface area contributed by atoms with Gasteiger partial charge in [-0.1, -0.05) is 30.7 Å². The van der Waals surface area contributed by atoms with Gasteiger partial charge in [-0.05, 0) is 25.0 Å². The monoisotopic (exact) mass is 244 g/mol. The van der Waals surface area contributed by atoms with Crippen LogP contribution in [0, 0.1) is 13.8 Å². The molecule has 0 bridgehead atoms. The molecule has 18 heavy (non-hydrogen) atoms. The molecule has 1 N–H and O–H groups in total. The summed E-state index contributed by atoms with van der Waals surface area (Å²) in [7, 11) is 0. The van der Waals surface area contributed by atoms with Crippen LogP contribution in [0.15, 0.2) is 30.6 Å². The third-order valence-electron chi connectivity index (χ3n) is 3.28. The highest BCUT2D eigenvalue weighted by atomic mass is 16.3. The van der Waals surface area contributed by atoms with Gasteiger partial charge in [-0.3, -0.25) is 0 Å². The summed E-state index contributed by atoms with van der Waals surface area (Å²) in [5.74, 6) is 1.01. The van der Waals surface area contributed by atoms with E-state index in [0.29, 0.717) is 6.54 Å². The van der Waals surface area contributed by atoms with E-state index >= 15 is 0 Å². The predicted molar refractivity (Wildman–Crippen MR) is 72.5 cm³/mol. The van der Waals surface area contributed by atoms with Crippen molar-refractivity contribution in [3.8, 4) is 0 Å². The van der Waals surface area contributed by atoms with Gasteiger partial charge in [0.15, 0.2) is 0 Å². The van der Waals surface area contributed by atoms with E-state index in [9.17, 15) is 5.11 Å². The third kappa shape index (κ3) is 2.62. The molecule has 3 heteroatoms. The summed E-state index contributed by atoms with van der Waals surface area (Å²) in [5.41, 5.74) is 3.31. The van der Waals surface area contributed by atoms with Crippen molar-refractivity contribution in [1.29, 1.82) is 0 Å². The minimum Gasteiger partial charge on any atom is -0.387 e. The first-order valence-corrected chi connectivity index (χ1v) is 6.37. The van der Waals surface area contributed by atoms with Crippen LogP contribution in [0.25, 0.3) is 0 Å². The fourth-order valence-corrected chi connectivity index (χ4v) is 2.22. The largest absolute Gasteiger partial charge is 0.387 e. The summed E-state index contributed by atoms with van der Waals surface area (Å²) in [4.78, 5) is 4.27. The first kappa shape index (κ1) is 12.8. The molecule has 0 aliphatic carbocycles. The lowest BCUT2D eigenvalue weighted by Crippen LogP contribution is -2.11. The standard InChI is InChI=1S/C15H20N2O/c1-4-15-16-7-8-17(15)10-14(18)13-9-11(2)5-6-12(13)3/h5-9,14,18H,4,10H2,1-3H3. The number of imidazole rings is 1. The highest BCUT2D eigenvalue weighted by Gasteiger charge is 2.12. The van der Waals surface area contributed by atoms with Gasteiger partial charge in [-0.15, -0.1) is 0 Å². The van der Waals surface area contributed by atoms with Gasteiger partial charge in [-0.25, -0.2) is 4.98 Å². The molecule has 2 aromatic rings. The molecule has 0 saturated heterocycles. The first-order valence-electron chi connectivity index (χ1n) is 6.37. The number of hydrogen-bond donors (Lipinski definition) is 1. The predicted octanol–water partition coefficient (Wildman–Crippen LogP) is 2.80. The van der Waals surface area contributed by atoms with Crippen molar-refractivity contribution in [3.05, 3.63) is 53.1 Å². The molecule has 0 aliphatic heterocycles. The fourth-order valence-electron chi connectivity index (χ4n) is 2.22. The number of nitrogens with zero attached hydrogens (tertiary/aromatic N) is 2. The van der Waals surface area contributed by atoms with Crippen LogP contribution in [0.3, 0.4) is 0 Å². The van der Waals surface area contributed by atoms with Crippen LogP contribution in [0.1, 0.15) is 35.5 Å². The Hall–Kier alpha value is -1.61. The summed E-state index contributed by atoms with van der Waals surface area (Å²) < 4.78 is 2.02. The second kappa shape index (κ2) is 5.36. The van der Waals surface area contributed by atoms with Gasteiger partial charge >= 0.3 is 0 Å². The SMILES string of the molecule is CCc1nccn1CC(O)c1cc(C)ccc1C. The van der Waals surface area contributed by atoms with E-state index in [1.54, 1.807) is 6.20 Å². The fraction of sp³-hybridized carbons (Fsp3) is 0.400. The normalized spacial score (nSPS) is 12.7. The Balaban J connectivity index is 2.21. The van der Waals surface area contributed by atoms with Crippen molar-refractivity contribution < 1.29 is 5.11 Å². The molecule has 0 saturated carbocycles. The zero-order valence-electron chi connectivity index (χ0n) is 11.2. The number of aliphatic hydroxyl groups is 1. The maximum Gasteiger partial charge on any atom is 0.108 e. The van der Waals surface area contributed by atoms with E-state index in [1.807, 2.05) is 24.6 Å². The van der Waals surface area contributed by atoms with Crippen LogP contribution in [-0.4, -0.2) is 14.7 Å². The Morgan fingerprint density at radius 2 is 2.11 bits per heavy atom. The molecule has 1 aromatic heterocycles. The number of hydrogen-bond acceptors (Lipinski definition) is 2.